The summed E-state index contributed by atoms with van der Waals surface area (Å²) in [5, 5.41) is 0. The van der Waals surface area contributed by atoms with Gasteiger partial charge in [0, 0.05) is 19.3 Å². The van der Waals surface area contributed by atoms with E-state index < -0.39 is 6.10 Å². The van der Waals surface area contributed by atoms with Gasteiger partial charge in [-0.2, -0.15) is 0 Å². The molecular weight excluding hydrogens is 853 g/mol. The molecule has 0 unspecified atom stereocenters. The van der Waals surface area contributed by atoms with E-state index in [0.717, 1.165) is 64.2 Å². The van der Waals surface area contributed by atoms with Crippen LogP contribution in [0.5, 0.6) is 0 Å². The van der Waals surface area contributed by atoms with E-state index in [1.54, 1.807) is 0 Å². The summed E-state index contributed by atoms with van der Waals surface area (Å²) in [7, 11) is 0. The van der Waals surface area contributed by atoms with Crippen LogP contribution in [0.1, 0.15) is 342 Å². The minimum atomic E-state index is -0.774. The van der Waals surface area contributed by atoms with Gasteiger partial charge in [0.05, 0.1) is 0 Å². The van der Waals surface area contributed by atoms with Crippen molar-refractivity contribution in [3.05, 3.63) is 24.3 Å². The van der Waals surface area contributed by atoms with E-state index in [2.05, 4.69) is 45.1 Å². The predicted octanol–water partition coefficient (Wildman–Crippen LogP) is 20.7. The van der Waals surface area contributed by atoms with Crippen LogP contribution in [0.15, 0.2) is 24.3 Å². The summed E-state index contributed by atoms with van der Waals surface area (Å²) in [6.45, 7) is 6.67. The van der Waals surface area contributed by atoms with Crippen LogP contribution in [0.25, 0.3) is 0 Å². The average molecular weight is 972 g/mol. The first kappa shape index (κ1) is 66.9. The van der Waals surface area contributed by atoms with Crippen molar-refractivity contribution in [2.45, 2.75) is 348 Å². The third-order valence-electron chi connectivity index (χ3n) is 13.9. The fourth-order valence-electron chi connectivity index (χ4n) is 9.26. The number of allylic oxidation sites excluding steroid dienone is 4. The molecule has 6 nitrogen and oxygen atoms in total. The zero-order valence-electron chi connectivity index (χ0n) is 46.6. The van der Waals surface area contributed by atoms with E-state index in [1.807, 2.05) is 0 Å². The molecule has 0 aliphatic carbocycles. The molecule has 0 saturated heterocycles. The molecule has 0 aromatic carbocycles. The Balaban J connectivity index is 4.29. The summed E-state index contributed by atoms with van der Waals surface area (Å²) >= 11 is 0. The van der Waals surface area contributed by atoms with Gasteiger partial charge in [0.15, 0.2) is 6.10 Å². The maximum atomic E-state index is 12.9. The molecule has 0 N–H and O–H groups in total. The molecule has 0 amide bonds. The fraction of sp³-hybridized carbons (Fsp3) is 0.889. The van der Waals surface area contributed by atoms with Crippen molar-refractivity contribution in [1.29, 1.82) is 0 Å². The largest absolute Gasteiger partial charge is 0.462 e. The van der Waals surface area contributed by atoms with Gasteiger partial charge in [0.1, 0.15) is 13.2 Å². The van der Waals surface area contributed by atoms with Gasteiger partial charge in [-0.1, -0.05) is 276 Å². The second-order valence-corrected chi connectivity index (χ2v) is 21.0. The molecule has 0 heterocycles. The van der Waals surface area contributed by atoms with Crippen LogP contribution < -0.4 is 0 Å². The van der Waals surface area contributed by atoms with E-state index in [4.69, 9.17) is 14.2 Å². The van der Waals surface area contributed by atoms with Crippen molar-refractivity contribution in [2.24, 2.45) is 0 Å². The van der Waals surface area contributed by atoms with E-state index in [-0.39, 0.29) is 31.1 Å². The van der Waals surface area contributed by atoms with Crippen LogP contribution in [0, 0.1) is 0 Å². The third kappa shape index (κ3) is 56.7. The van der Waals surface area contributed by atoms with E-state index in [1.165, 1.54) is 238 Å². The molecule has 0 fully saturated rings. The molecule has 0 radical (unpaired) electrons. The summed E-state index contributed by atoms with van der Waals surface area (Å²) in [5.41, 5.74) is 0. The minimum Gasteiger partial charge on any atom is -0.462 e. The highest BCUT2D eigenvalue weighted by Crippen LogP contribution is 2.17. The summed E-state index contributed by atoms with van der Waals surface area (Å²) in [5.74, 6) is -0.861. The Labute approximate surface area is 430 Å². The molecular formula is C63H118O6. The molecule has 0 aromatic rings. The molecule has 0 saturated carbocycles. The van der Waals surface area contributed by atoms with Crippen LogP contribution in [-0.4, -0.2) is 37.2 Å². The van der Waals surface area contributed by atoms with Crippen LogP contribution in [0.4, 0.5) is 0 Å². The predicted molar refractivity (Wildman–Crippen MR) is 298 cm³/mol. The lowest BCUT2D eigenvalue weighted by Crippen LogP contribution is -2.30. The Morgan fingerprint density at radius 2 is 0.478 bits per heavy atom. The minimum absolute atomic E-state index is 0.0709. The number of rotatable bonds is 57. The number of hydrogen-bond donors (Lipinski definition) is 0. The Morgan fingerprint density at radius 3 is 0.739 bits per heavy atom. The molecule has 0 bridgehead atoms. The summed E-state index contributed by atoms with van der Waals surface area (Å²) in [4.78, 5) is 38.2. The Hall–Kier alpha value is -2.11. The Morgan fingerprint density at radius 1 is 0.275 bits per heavy atom. The first-order valence-electron chi connectivity index (χ1n) is 30.8. The summed E-state index contributed by atoms with van der Waals surface area (Å²) < 4.78 is 16.9. The molecule has 1 atom stereocenters. The average Bonchev–Trinajstić information content (AvgIpc) is 3.35. The second kappa shape index (κ2) is 58.5. The lowest BCUT2D eigenvalue weighted by Gasteiger charge is -2.18. The van der Waals surface area contributed by atoms with Gasteiger partial charge >= 0.3 is 17.9 Å². The highest BCUT2D eigenvalue weighted by Gasteiger charge is 2.19. The Bertz CT molecular complexity index is 1110. The third-order valence-corrected chi connectivity index (χ3v) is 13.9. The van der Waals surface area contributed by atoms with Crippen LogP contribution in [0.2, 0.25) is 0 Å². The van der Waals surface area contributed by atoms with Crippen molar-refractivity contribution in [3.8, 4) is 0 Å². The van der Waals surface area contributed by atoms with Gasteiger partial charge in [-0.05, 0) is 70.6 Å². The van der Waals surface area contributed by atoms with Gasteiger partial charge in [0.2, 0.25) is 0 Å². The quantitative estimate of drug-likeness (QED) is 0.0261. The normalized spacial score (nSPS) is 12.1. The SMILES string of the molecule is CCCCCC/C=C\CCCCCCCCCC(=O)O[C@H](COC(=O)CCCCCCC/C=C\CCCCCCCC)COC(=O)CCCCCCCCCCCCCCCCCCCCCCC. The zero-order chi connectivity index (χ0) is 50.0. The molecule has 0 aliphatic rings. The van der Waals surface area contributed by atoms with Gasteiger partial charge in [-0.3, -0.25) is 14.4 Å². The second-order valence-electron chi connectivity index (χ2n) is 21.0. The molecule has 0 aliphatic heterocycles. The van der Waals surface area contributed by atoms with Crippen LogP contribution in [-0.2, 0) is 28.6 Å². The standard InChI is InChI=1S/C63H118O6/c1-4-7-10-13-16-19-22-25-28-29-30-31-32-33-36-38-41-44-47-50-53-56-62(65)68-59-60(69-63(66)57-54-51-48-45-42-39-35-27-24-21-18-15-12-9-6-3)58-67-61(64)55-52-49-46-43-40-37-34-26-23-20-17-14-11-8-5-2/h21,24,26,34,60H,4-20,22-23,25,27-33,35-59H2,1-3H3/b24-21-,34-26-/t60-/m1/s1. The highest BCUT2D eigenvalue weighted by molar-refractivity contribution is 5.71. The maximum absolute atomic E-state index is 12.9. The zero-order valence-corrected chi connectivity index (χ0v) is 46.6. The lowest BCUT2D eigenvalue weighted by atomic mass is 10.0. The highest BCUT2D eigenvalue weighted by atomic mass is 16.6. The van der Waals surface area contributed by atoms with Gasteiger partial charge in [-0.15, -0.1) is 0 Å². The first-order chi connectivity index (χ1) is 34.0. The maximum Gasteiger partial charge on any atom is 0.306 e. The lowest BCUT2D eigenvalue weighted by molar-refractivity contribution is -0.167. The number of unbranched alkanes of at least 4 members (excludes halogenated alkanes) is 42. The number of hydrogen-bond acceptors (Lipinski definition) is 6. The van der Waals surface area contributed by atoms with Crippen molar-refractivity contribution in [2.75, 3.05) is 13.2 Å². The van der Waals surface area contributed by atoms with Crippen molar-refractivity contribution >= 4 is 17.9 Å². The molecule has 406 valence electrons. The van der Waals surface area contributed by atoms with Crippen molar-refractivity contribution in [3.63, 3.8) is 0 Å². The number of carbonyl (C=O) groups is 3. The van der Waals surface area contributed by atoms with Crippen molar-refractivity contribution < 1.29 is 28.6 Å². The van der Waals surface area contributed by atoms with Gasteiger partial charge in [-0.25, -0.2) is 0 Å². The summed E-state index contributed by atoms with van der Waals surface area (Å²) in [6, 6.07) is 0. The van der Waals surface area contributed by atoms with Crippen LogP contribution in [0.3, 0.4) is 0 Å². The van der Waals surface area contributed by atoms with Gasteiger partial charge < -0.3 is 14.2 Å². The molecule has 6 heteroatoms. The molecule has 0 aromatic heterocycles. The number of carbonyl (C=O) groups excluding carboxylic acids is 3. The monoisotopic (exact) mass is 971 g/mol. The number of esters is 3. The smallest absolute Gasteiger partial charge is 0.306 e. The van der Waals surface area contributed by atoms with Gasteiger partial charge in [0.25, 0.3) is 0 Å². The topological polar surface area (TPSA) is 78.9 Å². The van der Waals surface area contributed by atoms with E-state index in [0.29, 0.717) is 19.3 Å². The number of ether oxygens (including phenoxy) is 3. The molecule has 69 heavy (non-hydrogen) atoms. The summed E-state index contributed by atoms with van der Waals surface area (Å²) in [6.07, 6.45) is 68.9. The van der Waals surface area contributed by atoms with Crippen molar-refractivity contribution in [1.82, 2.24) is 0 Å². The van der Waals surface area contributed by atoms with E-state index in [9.17, 15) is 14.4 Å². The molecule has 0 spiro atoms. The molecule has 0 rings (SSSR count). The van der Waals surface area contributed by atoms with Crippen LogP contribution >= 0.6 is 0 Å². The van der Waals surface area contributed by atoms with E-state index >= 15 is 0 Å². The first-order valence-corrected chi connectivity index (χ1v) is 30.8. The fourth-order valence-corrected chi connectivity index (χ4v) is 9.26. The Kier molecular flexibility index (Phi) is 56.7.